The Hall–Kier alpha value is -1.65. The predicted octanol–water partition coefficient (Wildman–Crippen LogP) is 5.02. The first-order chi connectivity index (χ1) is 12.0. The SMILES string of the molecule is CC[C@@H](Sc1ccc(Cl)cc1)C(=O)NCCOc1ccc(C)cc1C. The minimum Gasteiger partial charge on any atom is -0.491 e. The number of hydrogen-bond donors (Lipinski definition) is 1. The normalized spacial score (nSPS) is 11.8. The number of nitrogens with one attached hydrogen (secondary N) is 1. The second-order valence-electron chi connectivity index (χ2n) is 5.88. The molecule has 5 heteroatoms. The number of carbonyl (C=O) groups excluding carboxylic acids is 1. The Kier molecular flexibility index (Phi) is 7.66. The van der Waals surface area contributed by atoms with Gasteiger partial charge in [-0.25, -0.2) is 0 Å². The average Bonchev–Trinajstić information content (AvgIpc) is 2.59. The fourth-order valence-corrected chi connectivity index (χ4v) is 3.51. The van der Waals surface area contributed by atoms with Gasteiger partial charge in [-0.3, -0.25) is 4.79 Å². The summed E-state index contributed by atoms with van der Waals surface area (Å²) in [7, 11) is 0. The van der Waals surface area contributed by atoms with Gasteiger partial charge in [0, 0.05) is 9.92 Å². The molecule has 0 aromatic heterocycles. The minimum atomic E-state index is -0.123. The average molecular weight is 378 g/mol. The van der Waals surface area contributed by atoms with E-state index in [1.165, 1.54) is 5.56 Å². The lowest BCUT2D eigenvalue weighted by Crippen LogP contribution is -2.35. The van der Waals surface area contributed by atoms with E-state index in [4.69, 9.17) is 16.3 Å². The number of aryl methyl sites for hydroxylation is 2. The Morgan fingerprint density at radius 2 is 1.92 bits per heavy atom. The van der Waals surface area contributed by atoms with Crippen LogP contribution in [0.5, 0.6) is 5.75 Å². The van der Waals surface area contributed by atoms with Crippen LogP contribution >= 0.6 is 23.4 Å². The second-order valence-corrected chi connectivity index (χ2v) is 7.59. The van der Waals surface area contributed by atoms with Crippen LogP contribution in [0.2, 0.25) is 5.02 Å². The third kappa shape index (κ3) is 6.29. The van der Waals surface area contributed by atoms with E-state index in [9.17, 15) is 4.79 Å². The van der Waals surface area contributed by atoms with Crippen LogP contribution in [0.1, 0.15) is 24.5 Å². The maximum absolute atomic E-state index is 12.4. The van der Waals surface area contributed by atoms with Crippen molar-refractivity contribution in [3.8, 4) is 5.75 Å². The molecule has 0 bridgehead atoms. The second kappa shape index (κ2) is 9.73. The van der Waals surface area contributed by atoms with E-state index in [0.717, 1.165) is 22.6 Å². The van der Waals surface area contributed by atoms with E-state index in [0.29, 0.717) is 18.2 Å². The molecule has 3 nitrogen and oxygen atoms in total. The number of hydrogen-bond acceptors (Lipinski definition) is 3. The van der Waals surface area contributed by atoms with E-state index in [-0.39, 0.29) is 11.2 Å². The minimum absolute atomic E-state index is 0.0340. The zero-order chi connectivity index (χ0) is 18.2. The van der Waals surface area contributed by atoms with Crippen molar-refractivity contribution in [3.63, 3.8) is 0 Å². The summed E-state index contributed by atoms with van der Waals surface area (Å²) in [4.78, 5) is 13.4. The third-order valence-corrected chi connectivity index (χ3v) is 5.37. The fraction of sp³-hybridized carbons (Fsp3) is 0.350. The lowest BCUT2D eigenvalue weighted by atomic mass is 10.1. The van der Waals surface area contributed by atoms with Gasteiger partial charge < -0.3 is 10.1 Å². The number of rotatable bonds is 8. The summed E-state index contributed by atoms with van der Waals surface area (Å²) in [5.74, 6) is 0.897. The van der Waals surface area contributed by atoms with Crippen LogP contribution in [0.3, 0.4) is 0 Å². The molecule has 0 radical (unpaired) electrons. The van der Waals surface area contributed by atoms with Crippen LogP contribution in [0.25, 0.3) is 0 Å². The summed E-state index contributed by atoms with van der Waals surface area (Å²) < 4.78 is 5.75. The first-order valence-corrected chi connectivity index (χ1v) is 9.65. The highest BCUT2D eigenvalue weighted by molar-refractivity contribution is 8.00. The molecule has 0 spiro atoms. The molecule has 0 aliphatic heterocycles. The van der Waals surface area contributed by atoms with E-state index in [1.54, 1.807) is 11.8 Å². The standard InChI is InChI=1S/C20H24ClNO2S/c1-4-19(25-17-8-6-16(21)7-9-17)20(23)22-11-12-24-18-10-5-14(2)13-15(18)3/h5-10,13,19H,4,11-12H2,1-3H3,(H,22,23)/t19-/m1/s1. The van der Waals surface area contributed by atoms with Gasteiger partial charge in [-0.05, 0) is 56.2 Å². The van der Waals surface area contributed by atoms with Gasteiger partial charge in [0.1, 0.15) is 12.4 Å². The number of ether oxygens (including phenoxy) is 1. The largest absolute Gasteiger partial charge is 0.491 e. The lowest BCUT2D eigenvalue weighted by Gasteiger charge is -2.15. The highest BCUT2D eigenvalue weighted by atomic mass is 35.5. The van der Waals surface area contributed by atoms with Gasteiger partial charge in [0.15, 0.2) is 0 Å². The molecular formula is C20H24ClNO2S. The molecule has 0 saturated carbocycles. The Labute approximate surface area is 159 Å². The van der Waals surface area contributed by atoms with E-state index < -0.39 is 0 Å². The summed E-state index contributed by atoms with van der Waals surface area (Å²) >= 11 is 7.45. The Morgan fingerprint density at radius 1 is 1.20 bits per heavy atom. The van der Waals surface area contributed by atoms with Gasteiger partial charge in [-0.2, -0.15) is 0 Å². The van der Waals surface area contributed by atoms with Crippen molar-refractivity contribution in [1.82, 2.24) is 5.32 Å². The highest BCUT2D eigenvalue weighted by Gasteiger charge is 2.17. The van der Waals surface area contributed by atoms with Crippen LogP contribution in [-0.2, 0) is 4.79 Å². The predicted molar refractivity (Wildman–Crippen MR) is 106 cm³/mol. The highest BCUT2D eigenvalue weighted by Crippen LogP contribution is 2.26. The molecule has 1 atom stereocenters. The van der Waals surface area contributed by atoms with Gasteiger partial charge in [-0.1, -0.05) is 36.2 Å². The molecular weight excluding hydrogens is 354 g/mol. The summed E-state index contributed by atoms with van der Waals surface area (Å²) in [6, 6.07) is 13.6. The van der Waals surface area contributed by atoms with Crippen molar-refractivity contribution in [2.45, 2.75) is 37.3 Å². The molecule has 0 aliphatic carbocycles. The van der Waals surface area contributed by atoms with Crippen molar-refractivity contribution in [3.05, 3.63) is 58.6 Å². The molecule has 1 N–H and O–H groups in total. The molecule has 1 amide bonds. The summed E-state index contributed by atoms with van der Waals surface area (Å²) in [6.45, 7) is 7.04. The van der Waals surface area contributed by atoms with Crippen molar-refractivity contribution >= 4 is 29.3 Å². The van der Waals surface area contributed by atoms with Crippen molar-refractivity contribution in [1.29, 1.82) is 0 Å². The smallest absolute Gasteiger partial charge is 0.233 e. The Balaban J connectivity index is 1.78. The molecule has 2 aromatic rings. The van der Waals surface area contributed by atoms with E-state index in [2.05, 4.69) is 18.3 Å². The molecule has 2 rings (SSSR count). The zero-order valence-electron chi connectivity index (χ0n) is 14.8. The molecule has 134 valence electrons. The maximum Gasteiger partial charge on any atom is 0.233 e. The van der Waals surface area contributed by atoms with Gasteiger partial charge in [-0.15, -0.1) is 11.8 Å². The number of carbonyl (C=O) groups is 1. The molecule has 25 heavy (non-hydrogen) atoms. The van der Waals surface area contributed by atoms with Crippen molar-refractivity contribution in [2.75, 3.05) is 13.2 Å². The van der Waals surface area contributed by atoms with Crippen LogP contribution in [0, 0.1) is 13.8 Å². The molecule has 0 heterocycles. The number of halogens is 1. The first kappa shape index (κ1) is 19.7. The first-order valence-electron chi connectivity index (χ1n) is 8.39. The third-order valence-electron chi connectivity index (χ3n) is 3.74. The van der Waals surface area contributed by atoms with Crippen LogP contribution < -0.4 is 10.1 Å². The summed E-state index contributed by atoms with van der Waals surface area (Å²) in [5, 5.41) is 3.53. The van der Waals surface area contributed by atoms with Crippen LogP contribution in [0.4, 0.5) is 0 Å². The quantitative estimate of drug-likeness (QED) is 0.518. The Morgan fingerprint density at radius 3 is 2.56 bits per heavy atom. The molecule has 2 aromatic carbocycles. The molecule has 0 fully saturated rings. The van der Waals surface area contributed by atoms with Gasteiger partial charge >= 0.3 is 0 Å². The summed E-state index contributed by atoms with van der Waals surface area (Å²) in [6.07, 6.45) is 0.761. The van der Waals surface area contributed by atoms with E-state index in [1.807, 2.05) is 50.2 Å². The van der Waals surface area contributed by atoms with Crippen molar-refractivity contribution in [2.24, 2.45) is 0 Å². The number of amides is 1. The van der Waals surface area contributed by atoms with Gasteiger partial charge in [0.05, 0.1) is 11.8 Å². The van der Waals surface area contributed by atoms with Gasteiger partial charge in [0.2, 0.25) is 5.91 Å². The number of benzene rings is 2. The van der Waals surface area contributed by atoms with Gasteiger partial charge in [0.25, 0.3) is 0 Å². The van der Waals surface area contributed by atoms with Crippen molar-refractivity contribution < 1.29 is 9.53 Å². The number of thioether (sulfide) groups is 1. The van der Waals surface area contributed by atoms with E-state index >= 15 is 0 Å². The lowest BCUT2D eigenvalue weighted by molar-refractivity contribution is -0.120. The van der Waals surface area contributed by atoms with Crippen LogP contribution in [0.15, 0.2) is 47.4 Å². The molecule has 0 saturated heterocycles. The maximum atomic E-state index is 12.4. The summed E-state index contributed by atoms with van der Waals surface area (Å²) in [5.41, 5.74) is 2.32. The zero-order valence-corrected chi connectivity index (χ0v) is 16.4. The molecule has 0 aliphatic rings. The topological polar surface area (TPSA) is 38.3 Å². The monoisotopic (exact) mass is 377 g/mol. The fourth-order valence-electron chi connectivity index (χ4n) is 2.41. The Bertz CT molecular complexity index is 703. The van der Waals surface area contributed by atoms with Crippen LogP contribution in [-0.4, -0.2) is 24.3 Å². The molecule has 0 unspecified atom stereocenters.